The van der Waals surface area contributed by atoms with Crippen molar-refractivity contribution < 1.29 is 101 Å². The number of carbonyl (C=O) groups is 4. The summed E-state index contributed by atoms with van der Waals surface area (Å²) in [5, 5.41) is 46.2. The lowest BCUT2D eigenvalue weighted by Crippen LogP contribution is -2.21. The molecule has 1 heterocycles. The van der Waals surface area contributed by atoms with E-state index in [0.717, 1.165) is 5.56 Å². The van der Waals surface area contributed by atoms with Crippen LogP contribution in [0.25, 0.3) is 11.1 Å². The molecule has 0 spiro atoms. The Hall–Kier alpha value is -5.98. The van der Waals surface area contributed by atoms with Crippen molar-refractivity contribution in [1.29, 1.82) is 10.8 Å². The quantitative estimate of drug-likeness (QED) is 0.0447. The molecule has 0 radical (unpaired) electrons. The van der Waals surface area contributed by atoms with Gasteiger partial charge in [-0.1, -0.05) is 12.1 Å². The molecule has 1 aromatic heterocycles. The fourth-order valence-corrected chi connectivity index (χ4v) is 7.10. The van der Waals surface area contributed by atoms with Gasteiger partial charge in [-0.25, -0.2) is 27.6 Å². The number of guanidine groups is 1. The predicted molar refractivity (Wildman–Crippen MR) is 184 cm³/mol. The summed E-state index contributed by atoms with van der Waals surface area (Å²) in [7, 11) is -3.84. The number of carboxylic acids is 4. The van der Waals surface area contributed by atoms with Crippen LogP contribution in [-0.4, -0.2) is 95.5 Å². The number of nitrogens with two attached hydrogens (primary N) is 3. The number of rotatable bonds is 6. The van der Waals surface area contributed by atoms with Gasteiger partial charge in [-0.3, -0.25) is 10.8 Å². The zero-order valence-corrected chi connectivity index (χ0v) is 31.2. The molecule has 0 atom stereocenters. The van der Waals surface area contributed by atoms with Gasteiger partial charge in [-0.15, -0.1) is 23.1 Å². The number of anilines is 2. The second-order valence-electron chi connectivity index (χ2n) is 9.92. The number of benzene rings is 2. The molecular weight excluding hydrogens is 905 g/mol. The van der Waals surface area contributed by atoms with Crippen LogP contribution >= 0.6 is 23.1 Å². The van der Waals surface area contributed by atoms with E-state index in [0.29, 0.717) is 31.6 Å². The first-order chi connectivity index (χ1) is 26.3. The number of nitrogens with one attached hydrogen (secondary N) is 3. The lowest BCUT2D eigenvalue weighted by Gasteiger charge is -2.14. The van der Waals surface area contributed by atoms with Crippen LogP contribution in [-0.2, 0) is 29.0 Å². The summed E-state index contributed by atoms with van der Waals surface area (Å²) >= 11 is 2.48. The molecule has 0 amide bonds. The standard InChI is InChI=1S/C20H22N6O2S3.4C2HF3O2/c1-10-6-12(26-20(24)25)8-14(21)17(10)11-4-3-5-13(7-11)31(27,28)16-9-15(18(22)23)30-19(16)29-2;4*3-2(4,5)1(6)7/h3-9H,21H2,1-2H3,(H3,22,23)(H4,24,25,26);4*(H,6,7). The van der Waals surface area contributed by atoms with E-state index in [2.05, 4.69) is 5.32 Å². The molecule has 31 heteroatoms. The third-order valence-electron chi connectivity index (χ3n) is 5.45. The Kier molecular flexibility index (Phi) is 20.3. The normalized spacial score (nSPS) is 11.3. The zero-order chi connectivity index (χ0) is 47.2. The van der Waals surface area contributed by atoms with E-state index in [-0.39, 0.29) is 21.6 Å². The van der Waals surface area contributed by atoms with Crippen LogP contribution in [0.1, 0.15) is 10.4 Å². The van der Waals surface area contributed by atoms with E-state index in [9.17, 15) is 61.1 Å². The molecule has 0 fully saturated rings. The molecule has 0 unspecified atom stereocenters. The maximum atomic E-state index is 13.4. The van der Waals surface area contributed by atoms with Crippen molar-refractivity contribution in [3.8, 4) is 11.1 Å². The van der Waals surface area contributed by atoms with Gasteiger partial charge in [0.1, 0.15) is 5.84 Å². The van der Waals surface area contributed by atoms with E-state index in [4.69, 9.17) is 67.6 Å². The monoisotopic (exact) mass is 930 g/mol. The Morgan fingerprint density at radius 1 is 0.729 bits per heavy atom. The molecule has 2 aromatic carbocycles. The molecule has 0 saturated carbocycles. The number of nitrogen functional groups attached to an aromatic ring is 2. The largest absolute Gasteiger partial charge is 0.490 e. The Morgan fingerprint density at radius 2 is 1.12 bits per heavy atom. The predicted octanol–water partition coefficient (Wildman–Crippen LogP) is 5.98. The summed E-state index contributed by atoms with van der Waals surface area (Å²) in [6, 6.07) is 11.5. The average molecular weight is 931 g/mol. The first kappa shape index (κ1) is 55.1. The van der Waals surface area contributed by atoms with Crippen LogP contribution in [0.4, 0.5) is 64.1 Å². The fourth-order valence-electron chi connectivity index (χ4n) is 3.20. The van der Waals surface area contributed by atoms with Crippen molar-refractivity contribution in [2.24, 2.45) is 11.5 Å². The molecule has 0 bridgehead atoms. The number of halogens is 12. The van der Waals surface area contributed by atoms with Crippen LogP contribution in [0.3, 0.4) is 0 Å². The van der Waals surface area contributed by atoms with Crippen LogP contribution < -0.4 is 22.5 Å². The third kappa shape index (κ3) is 19.3. The number of hydrogen-bond acceptors (Lipinski definition) is 11. The molecular formula is C28H26F12N6O10S3. The third-order valence-corrected chi connectivity index (χ3v) is 9.79. The minimum absolute atomic E-state index is 0.123. The van der Waals surface area contributed by atoms with Gasteiger partial charge in [-0.05, 0) is 54.6 Å². The molecule has 16 nitrogen and oxygen atoms in total. The Balaban J connectivity index is 0. The highest BCUT2D eigenvalue weighted by Crippen LogP contribution is 2.39. The van der Waals surface area contributed by atoms with E-state index < -0.39 is 58.4 Å². The number of alkyl halides is 12. The highest BCUT2D eigenvalue weighted by Gasteiger charge is 2.40. The van der Waals surface area contributed by atoms with Crippen molar-refractivity contribution in [3.05, 3.63) is 52.9 Å². The molecule has 3 aromatic rings. The van der Waals surface area contributed by atoms with Crippen molar-refractivity contribution >= 4 is 80.0 Å². The first-order valence-electron chi connectivity index (χ1n) is 13.9. The molecule has 0 aliphatic rings. The lowest BCUT2D eigenvalue weighted by molar-refractivity contribution is -0.193. The molecule has 3 rings (SSSR count). The van der Waals surface area contributed by atoms with Crippen LogP contribution in [0, 0.1) is 17.7 Å². The van der Waals surface area contributed by atoms with Crippen molar-refractivity contribution in [1.82, 2.24) is 0 Å². The number of thiophene rings is 1. The zero-order valence-electron chi connectivity index (χ0n) is 28.8. The van der Waals surface area contributed by atoms with Crippen molar-refractivity contribution in [3.63, 3.8) is 0 Å². The van der Waals surface area contributed by atoms with Gasteiger partial charge in [0.05, 0.1) is 18.9 Å². The summed E-state index contributed by atoms with van der Waals surface area (Å²) in [6.45, 7) is 1.85. The van der Waals surface area contributed by atoms with Gasteiger partial charge in [0.15, 0.2) is 5.96 Å². The van der Waals surface area contributed by atoms with Gasteiger partial charge in [0, 0.05) is 16.9 Å². The van der Waals surface area contributed by atoms with Gasteiger partial charge >= 0.3 is 48.6 Å². The second kappa shape index (κ2) is 21.7. The van der Waals surface area contributed by atoms with Gasteiger partial charge in [0.25, 0.3) is 0 Å². The first-order valence-corrected chi connectivity index (χ1v) is 17.4. The maximum absolute atomic E-state index is 13.4. The van der Waals surface area contributed by atoms with Crippen LogP contribution in [0.5, 0.6) is 0 Å². The number of aliphatic carboxylic acids is 4. The SMILES string of the molecule is CSc1sc(C(=N)N)cc1S(=O)(=O)c1cccc(-c2c(C)cc(NC(=N)N)cc2N)c1.O=C(O)C(F)(F)F.O=C(O)C(F)(F)F.O=C(O)C(F)(F)F.O=C(O)C(F)(F)F. The fraction of sp³-hybridized carbons (Fsp3) is 0.214. The summed E-state index contributed by atoms with van der Waals surface area (Å²) < 4.78 is 154. The second-order valence-corrected chi connectivity index (χ2v) is 14.0. The summed E-state index contributed by atoms with van der Waals surface area (Å²) in [5.41, 5.74) is 20.3. The summed E-state index contributed by atoms with van der Waals surface area (Å²) in [5.74, 6) is -11.4. The van der Waals surface area contributed by atoms with Gasteiger partial charge < -0.3 is 42.9 Å². The summed E-state index contributed by atoms with van der Waals surface area (Å²) in [4.78, 5) is 36.3. The number of carboxylic acid groups (broad SMARTS) is 4. The molecule has 330 valence electrons. The van der Waals surface area contributed by atoms with Crippen LogP contribution in [0.15, 0.2) is 56.5 Å². The number of aryl methyl sites for hydroxylation is 1. The number of amidine groups is 1. The highest BCUT2D eigenvalue weighted by molar-refractivity contribution is 8.01. The van der Waals surface area contributed by atoms with E-state index in [1.165, 1.54) is 35.2 Å². The molecule has 0 aliphatic heterocycles. The highest BCUT2D eigenvalue weighted by atomic mass is 32.2. The number of hydrogen-bond donors (Lipinski definition) is 10. The molecule has 13 N–H and O–H groups in total. The molecule has 0 saturated heterocycles. The lowest BCUT2D eigenvalue weighted by atomic mass is 9.98. The smallest absolute Gasteiger partial charge is 0.475 e. The van der Waals surface area contributed by atoms with Gasteiger partial charge in [0.2, 0.25) is 9.84 Å². The number of thioether (sulfide) groups is 1. The van der Waals surface area contributed by atoms with Crippen LogP contribution in [0.2, 0.25) is 0 Å². The number of sulfone groups is 1. The Bertz CT molecular complexity index is 2000. The van der Waals surface area contributed by atoms with E-state index in [1.807, 2.05) is 6.92 Å². The summed E-state index contributed by atoms with van der Waals surface area (Å²) in [6.07, 6.45) is -18.5. The maximum Gasteiger partial charge on any atom is 0.490 e. The molecule has 0 aliphatic carbocycles. The van der Waals surface area contributed by atoms with Crippen molar-refractivity contribution in [2.75, 3.05) is 17.3 Å². The average Bonchev–Trinajstić information content (AvgIpc) is 3.50. The van der Waals surface area contributed by atoms with Gasteiger partial charge in [-0.2, -0.15) is 52.7 Å². The topological polar surface area (TPSA) is 321 Å². The van der Waals surface area contributed by atoms with E-state index >= 15 is 0 Å². The Morgan fingerprint density at radius 3 is 1.42 bits per heavy atom. The van der Waals surface area contributed by atoms with Crippen molar-refractivity contribution in [2.45, 2.75) is 45.6 Å². The minimum Gasteiger partial charge on any atom is -0.475 e. The molecule has 59 heavy (non-hydrogen) atoms. The minimum atomic E-state index is -5.08. The Labute approximate surface area is 329 Å². The van der Waals surface area contributed by atoms with E-state index in [1.54, 1.807) is 36.6 Å².